The first-order valence-electron chi connectivity index (χ1n) is 6.29. The molecule has 1 aliphatic rings. The molecule has 0 aromatic carbocycles. The van der Waals surface area contributed by atoms with Gasteiger partial charge in [-0.25, -0.2) is 14.6 Å². The molecule has 18 heavy (non-hydrogen) atoms. The summed E-state index contributed by atoms with van der Waals surface area (Å²) in [4.78, 5) is 8.87. The van der Waals surface area contributed by atoms with Crippen molar-refractivity contribution in [3.63, 3.8) is 0 Å². The number of aliphatic hydroxyl groups excluding tert-OH is 1. The third kappa shape index (κ3) is 2.30. The predicted octanol–water partition coefficient (Wildman–Crippen LogP) is 2.05. The summed E-state index contributed by atoms with van der Waals surface area (Å²) < 4.78 is 1.80. The van der Waals surface area contributed by atoms with Gasteiger partial charge < -0.3 is 5.11 Å². The molecule has 0 aliphatic heterocycles. The van der Waals surface area contributed by atoms with E-state index in [9.17, 15) is 5.11 Å². The Labute approximate surface area is 110 Å². The highest BCUT2D eigenvalue weighted by atomic mass is 32.1. The summed E-state index contributed by atoms with van der Waals surface area (Å²) in [6.07, 6.45) is 2.69. The van der Waals surface area contributed by atoms with Crippen LogP contribution in [0.4, 0.5) is 0 Å². The van der Waals surface area contributed by atoms with Crippen molar-refractivity contribution in [3.8, 4) is 11.5 Å². The Morgan fingerprint density at radius 3 is 3.00 bits per heavy atom. The van der Waals surface area contributed by atoms with E-state index in [1.165, 1.54) is 12.8 Å². The van der Waals surface area contributed by atoms with Gasteiger partial charge in [0, 0.05) is 11.3 Å². The van der Waals surface area contributed by atoms with Crippen LogP contribution in [0.3, 0.4) is 0 Å². The van der Waals surface area contributed by atoms with E-state index in [1.807, 2.05) is 12.3 Å². The molecule has 0 saturated heterocycles. The summed E-state index contributed by atoms with van der Waals surface area (Å²) in [7, 11) is 0. The van der Waals surface area contributed by atoms with Gasteiger partial charge in [0.05, 0.1) is 18.2 Å². The second-order valence-electron chi connectivity index (χ2n) is 4.69. The maximum atomic E-state index is 9.79. The van der Waals surface area contributed by atoms with Crippen molar-refractivity contribution in [1.29, 1.82) is 0 Å². The third-order valence-corrected chi connectivity index (χ3v) is 3.73. The van der Waals surface area contributed by atoms with Gasteiger partial charge in [-0.15, -0.1) is 11.3 Å². The predicted molar refractivity (Wildman–Crippen MR) is 69.4 cm³/mol. The third-order valence-electron chi connectivity index (χ3n) is 3.15. The van der Waals surface area contributed by atoms with E-state index >= 15 is 0 Å². The average molecular weight is 264 g/mol. The van der Waals surface area contributed by atoms with E-state index in [1.54, 1.807) is 21.5 Å². The van der Waals surface area contributed by atoms with Gasteiger partial charge in [-0.3, -0.25) is 0 Å². The zero-order valence-electron chi connectivity index (χ0n) is 10.3. The van der Waals surface area contributed by atoms with Crippen LogP contribution in [0, 0.1) is 0 Å². The molecular formula is C12H16N4OS. The second kappa shape index (κ2) is 4.78. The quantitative estimate of drug-likeness (QED) is 0.897. The fourth-order valence-electron chi connectivity index (χ4n) is 1.84. The summed E-state index contributed by atoms with van der Waals surface area (Å²) in [6, 6.07) is 0. The number of hydrogen-bond acceptors (Lipinski definition) is 5. The van der Waals surface area contributed by atoms with Gasteiger partial charge in [0.2, 0.25) is 0 Å². The van der Waals surface area contributed by atoms with Crippen molar-refractivity contribution in [3.05, 3.63) is 16.7 Å². The summed E-state index contributed by atoms with van der Waals surface area (Å²) in [5.74, 6) is 2.20. The first-order chi connectivity index (χ1) is 8.78. The molecule has 1 fully saturated rings. The van der Waals surface area contributed by atoms with Crippen LogP contribution < -0.4 is 0 Å². The number of thiazole rings is 1. The van der Waals surface area contributed by atoms with E-state index in [0.717, 1.165) is 23.8 Å². The Bertz CT molecular complexity index is 518. The fraction of sp³-hybridized carbons (Fsp3) is 0.583. The van der Waals surface area contributed by atoms with E-state index < -0.39 is 0 Å². The largest absolute Gasteiger partial charge is 0.391 e. The smallest absolute Gasteiger partial charge is 0.178 e. The molecular weight excluding hydrogens is 248 g/mol. The molecule has 2 aromatic rings. The molecule has 0 radical (unpaired) electrons. The standard InChI is InChI=1S/C12H16N4OS/c1-2-9(17)5-16-12(10-6-18-7-13-10)14-11(15-16)8-3-4-8/h6-9,17H,2-5H2,1H3/t9-/m1/s1. The molecule has 0 spiro atoms. The van der Waals surface area contributed by atoms with E-state index in [4.69, 9.17) is 0 Å². The summed E-state index contributed by atoms with van der Waals surface area (Å²) >= 11 is 1.55. The molecule has 5 nitrogen and oxygen atoms in total. The zero-order chi connectivity index (χ0) is 12.5. The normalized spacial score (nSPS) is 17.0. The van der Waals surface area contributed by atoms with Crippen LogP contribution in [-0.2, 0) is 6.54 Å². The van der Waals surface area contributed by atoms with Crippen LogP contribution in [0.1, 0.15) is 37.9 Å². The van der Waals surface area contributed by atoms with Crippen molar-refractivity contribution >= 4 is 11.3 Å². The van der Waals surface area contributed by atoms with Crippen LogP contribution in [0.2, 0.25) is 0 Å². The topological polar surface area (TPSA) is 63.8 Å². The molecule has 96 valence electrons. The summed E-state index contributed by atoms with van der Waals surface area (Å²) in [5, 5.41) is 16.3. The molecule has 0 amide bonds. The van der Waals surface area contributed by atoms with E-state index in [-0.39, 0.29) is 6.10 Å². The lowest BCUT2D eigenvalue weighted by Gasteiger charge is -2.08. The van der Waals surface area contributed by atoms with Gasteiger partial charge in [-0.2, -0.15) is 5.10 Å². The van der Waals surface area contributed by atoms with Crippen molar-refractivity contribution in [2.24, 2.45) is 0 Å². The molecule has 2 aromatic heterocycles. The monoisotopic (exact) mass is 264 g/mol. The number of rotatable bonds is 5. The maximum Gasteiger partial charge on any atom is 0.178 e. The molecule has 3 rings (SSSR count). The molecule has 6 heteroatoms. The first-order valence-corrected chi connectivity index (χ1v) is 7.23. The van der Waals surface area contributed by atoms with Gasteiger partial charge in [-0.05, 0) is 19.3 Å². The minimum atomic E-state index is -0.379. The van der Waals surface area contributed by atoms with E-state index in [0.29, 0.717) is 12.5 Å². The Morgan fingerprint density at radius 2 is 2.39 bits per heavy atom. The lowest BCUT2D eigenvalue weighted by atomic mass is 10.3. The maximum absolute atomic E-state index is 9.79. The number of aromatic nitrogens is 4. The SMILES string of the molecule is CC[C@@H](O)Cn1nc(C2CC2)nc1-c1cscn1. The minimum Gasteiger partial charge on any atom is -0.391 e. The lowest BCUT2D eigenvalue weighted by molar-refractivity contribution is 0.145. The Kier molecular flexibility index (Phi) is 3.13. The summed E-state index contributed by atoms with van der Waals surface area (Å²) in [6.45, 7) is 2.45. The zero-order valence-corrected chi connectivity index (χ0v) is 11.1. The van der Waals surface area contributed by atoms with Gasteiger partial charge in [0.15, 0.2) is 11.6 Å². The van der Waals surface area contributed by atoms with Gasteiger partial charge >= 0.3 is 0 Å². The van der Waals surface area contributed by atoms with Gasteiger partial charge in [0.1, 0.15) is 5.69 Å². The van der Waals surface area contributed by atoms with Crippen molar-refractivity contribution < 1.29 is 5.11 Å². The van der Waals surface area contributed by atoms with Crippen LogP contribution in [0.5, 0.6) is 0 Å². The van der Waals surface area contributed by atoms with Crippen LogP contribution >= 0.6 is 11.3 Å². The fourth-order valence-corrected chi connectivity index (χ4v) is 2.37. The summed E-state index contributed by atoms with van der Waals surface area (Å²) in [5.41, 5.74) is 2.64. The molecule has 0 bridgehead atoms. The Hall–Kier alpha value is -1.27. The molecule has 2 heterocycles. The molecule has 1 N–H and O–H groups in total. The molecule has 1 aliphatic carbocycles. The second-order valence-corrected chi connectivity index (χ2v) is 5.40. The van der Waals surface area contributed by atoms with Crippen molar-refractivity contribution in [2.75, 3.05) is 0 Å². The van der Waals surface area contributed by atoms with E-state index in [2.05, 4.69) is 15.1 Å². The number of aliphatic hydroxyl groups is 1. The Morgan fingerprint density at radius 1 is 1.56 bits per heavy atom. The van der Waals surface area contributed by atoms with Crippen molar-refractivity contribution in [1.82, 2.24) is 19.7 Å². The Balaban J connectivity index is 1.94. The molecule has 1 saturated carbocycles. The highest BCUT2D eigenvalue weighted by Crippen LogP contribution is 2.38. The average Bonchev–Trinajstić information content (AvgIpc) is 2.92. The first kappa shape index (κ1) is 11.8. The number of hydrogen-bond donors (Lipinski definition) is 1. The number of nitrogens with zero attached hydrogens (tertiary/aromatic N) is 4. The lowest BCUT2D eigenvalue weighted by Crippen LogP contribution is -2.16. The van der Waals surface area contributed by atoms with Crippen LogP contribution in [0.15, 0.2) is 10.9 Å². The van der Waals surface area contributed by atoms with Crippen LogP contribution in [-0.4, -0.2) is 31.0 Å². The van der Waals surface area contributed by atoms with Crippen molar-refractivity contribution in [2.45, 2.75) is 44.8 Å². The molecule has 0 unspecified atom stereocenters. The minimum absolute atomic E-state index is 0.379. The highest BCUT2D eigenvalue weighted by Gasteiger charge is 2.29. The van der Waals surface area contributed by atoms with Crippen LogP contribution in [0.25, 0.3) is 11.5 Å². The molecule has 1 atom stereocenters. The highest BCUT2D eigenvalue weighted by molar-refractivity contribution is 7.07. The van der Waals surface area contributed by atoms with Gasteiger partial charge in [-0.1, -0.05) is 6.92 Å². The van der Waals surface area contributed by atoms with Gasteiger partial charge in [0.25, 0.3) is 0 Å².